The van der Waals surface area contributed by atoms with E-state index in [1.165, 1.54) is 0 Å². The van der Waals surface area contributed by atoms with E-state index in [0.29, 0.717) is 17.5 Å². The van der Waals surface area contributed by atoms with E-state index in [1.54, 1.807) is 0 Å². The monoisotopic (exact) mass is 256 g/mol. The van der Waals surface area contributed by atoms with Crippen molar-refractivity contribution in [3.05, 3.63) is 0 Å². The Labute approximate surface area is 107 Å². The van der Waals surface area contributed by atoms with Crippen molar-refractivity contribution in [2.75, 3.05) is 19.7 Å². The lowest BCUT2D eigenvalue weighted by atomic mass is 9.94. The summed E-state index contributed by atoms with van der Waals surface area (Å²) < 4.78 is 5.45. The number of amides is 1. The van der Waals surface area contributed by atoms with Crippen molar-refractivity contribution in [1.29, 1.82) is 0 Å². The first kappa shape index (κ1) is 12.8. The fourth-order valence-corrected chi connectivity index (χ4v) is 2.91. The minimum absolute atomic E-state index is 0.0522. The van der Waals surface area contributed by atoms with Crippen molar-refractivity contribution in [3.63, 3.8) is 0 Å². The molecule has 2 unspecified atom stereocenters. The zero-order chi connectivity index (χ0) is 12.4. The third kappa shape index (κ3) is 2.77. The fourth-order valence-electron chi connectivity index (χ4n) is 2.67. The minimum atomic E-state index is 0.0522. The molecule has 0 bridgehead atoms. The van der Waals surface area contributed by atoms with Gasteiger partial charge in [0.1, 0.15) is 0 Å². The Morgan fingerprint density at radius 1 is 1.35 bits per heavy atom. The molecule has 0 saturated carbocycles. The van der Waals surface area contributed by atoms with E-state index in [4.69, 9.17) is 22.7 Å². The highest BCUT2D eigenvalue weighted by molar-refractivity contribution is 7.80. The number of ether oxygens (including phenoxy) is 1. The fraction of sp³-hybridized carbons (Fsp3) is 0.833. The number of hydrogen-bond acceptors (Lipinski definition) is 3. The number of nitrogens with two attached hydrogens (primary N) is 1. The zero-order valence-corrected chi connectivity index (χ0v) is 11.0. The van der Waals surface area contributed by atoms with Crippen molar-refractivity contribution in [2.24, 2.45) is 17.6 Å². The highest BCUT2D eigenvalue weighted by Crippen LogP contribution is 2.25. The molecule has 2 aliphatic heterocycles. The number of thiocarbonyl (C=S) groups is 1. The molecule has 0 aromatic heterocycles. The Balaban J connectivity index is 1.88. The summed E-state index contributed by atoms with van der Waals surface area (Å²) in [5.74, 6) is 0.610. The average molecular weight is 256 g/mol. The molecule has 2 fully saturated rings. The molecule has 2 rings (SSSR count). The van der Waals surface area contributed by atoms with Crippen LogP contribution in [0, 0.1) is 11.8 Å². The van der Waals surface area contributed by atoms with Gasteiger partial charge in [0.25, 0.3) is 0 Å². The second-order valence-corrected chi connectivity index (χ2v) is 5.44. The summed E-state index contributed by atoms with van der Waals surface area (Å²) in [4.78, 5) is 14.8. The molecule has 0 radical (unpaired) electrons. The summed E-state index contributed by atoms with van der Waals surface area (Å²) in [6.45, 7) is 4.26. The molecule has 0 aliphatic carbocycles. The Morgan fingerprint density at radius 2 is 2.00 bits per heavy atom. The molecule has 2 heterocycles. The maximum atomic E-state index is 12.3. The number of nitrogens with zero attached hydrogens (tertiary/aromatic N) is 1. The molecule has 1 amide bonds. The summed E-state index contributed by atoms with van der Waals surface area (Å²) >= 11 is 5.00. The lowest BCUT2D eigenvalue weighted by Crippen LogP contribution is -2.45. The van der Waals surface area contributed by atoms with Crippen LogP contribution in [0.3, 0.4) is 0 Å². The van der Waals surface area contributed by atoms with Crippen molar-refractivity contribution >= 4 is 23.1 Å². The van der Waals surface area contributed by atoms with Gasteiger partial charge in [-0.3, -0.25) is 4.79 Å². The smallest absolute Gasteiger partial charge is 0.228 e. The molecule has 17 heavy (non-hydrogen) atoms. The molecule has 96 valence electrons. The van der Waals surface area contributed by atoms with Gasteiger partial charge >= 0.3 is 0 Å². The Morgan fingerprint density at radius 3 is 2.47 bits per heavy atom. The average Bonchev–Trinajstić information content (AvgIpc) is 2.74. The van der Waals surface area contributed by atoms with Crippen LogP contribution in [0.15, 0.2) is 0 Å². The molecule has 0 aromatic carbocycles. The molecular formula is C12H20N2O2S. The summed E-state index contributed by atoms with van der Waals surface area (Å²) in [6, 6.07) is 0. The van der Waals surface area contributed by atoms with Gasteiger partial charge in [-0.05, 0) is 26.2 Å². The summed E-state index contributed by atoms with van der Waals surface area (Å²) in [6.07, 6.45) is 2.73. The first-order valence-corrected chi connectivity index (χ1v) is 6.70. The molecular weight excluding hydrogens is 236 g/mol. The lowest BCUT2D eigenvalue weighted by Gasteiger charge is -2.33. The van der Waals surface area contributed by atoms with E-state index in [9.17, 15) is 4.79 Å². The summed E-state index contributed by atoms with van der Waals surface area (Å²) in [5.41, 5.74) is 5.64. The van der Waals surface area contributed by atoms with Crippen LogP contribution in [0.4, 0.5) is 0 Å². The van der Waals surface area contributed by atoms with Gasteiger partial charge in [0.2, 0.25) is 5.91 Å². The zero-order valence-electron chi connectivity index (χ0n) is 10.2. The van der Waals surface area contributed by atoms with Gasteiger partial charge in [-0.1, -0.05) is 12.2 Å². The van der Waals surface area contributed by atoms with Gasteiger partial charge in [-0.15, -0.1) is 0 Å². The molecule has 4 nitrogen and oxygen atoms in total. The summed E-state index contributed by atoms with van der Waals surface area (Å²) in [7, 11) is 0. The molecule has 2 N–H and O–H groups in total. The normalized spacial score (nSPS) is 30.5. The molecule has 0 spiro atoms. The third-order valence-corrected chi connectivity index (χ3v) is 4.24. The van der Waals surface area contributed by atoms with Crippen LogP contribution in [-0.2, 0) is 9.53 Å². The Bertz CT molecular complexity index is 314. The quantitative estimate of drug-likeness (QED) is 0.747. The van der Waals surface area contributed by atoms with E-state index in [1.807, 2.05) is 11.8 Å². The van der Waals surface area contributed by atoms with Gasteiger partial charge in [0.15, 0.2) is 0 Å². The van der Waals surface area contributed by atoms with Gasteiger partial charge in [0.05, 0.1) is 17.0 Å². The highest BCUT2D eigenvalue weighted by Gasteiger charge is 2.35. The lowest BCUT2D eigenvalue weighted by molar-refractivity contribution is -0.138. The molecule has 2 atom stereocenters. The van der Waals surface area contributed by atoms with Crippen LogP contribution in [0.25, 0.3) is 0 Å². The van der Waals surface area contributed by atoms with Crippen LogP contribution >= 0.6 is 12.2 Å². The van der Waals surface area contributed by atoms with E-state index in [-0.39, 0.29) is 17.9 Å². The van der Waals surface area contributed by atoms with Crippen LogP contribution in [-0.4, -0.2) is 41.6 Å². The molecule has 2 aliphatic rings. The van der Waals surface area contributed by atoms with E-state index in [2.05, 4.69) is 0 Å². The topological polar surface area (TPSA) is 55.6 Å². The van der Waals surface area contributed by atoms with Crippen molar-refractivity contribution in [3.8, 4) is 0 Å². The van der Waals surface area contributed by atoms with Gasteiger partial charge < -0.3 is 15.4 Å². The molecule has 2 saturated heterocycles. The van der Waals surface area contributed by atoms with Gasteiger partial charge in [-0.25, -0.2) is 0 Å². The minimum Gasteiger partial charge on any atom is -0.393 e. The first-order valence-electron chi connectivity index (χ1n) is 6.29. The predicted molar refractivity (Wildman–Crippen MR) is 69.6 cm³/mol. The maximum absolute atomic E-state index is 12.3. The van der Waals surface area contributed by atoms with Gasteiger partial charge in [0, 0.05) is 25.6 Å². The predicted octanol–water partition coefficient (Wildman–Crippen LogP) is 0.936. The number of rotatable bonds is 2. The van der Waals surface area contributed by atoms with Crippen molar-refractivity contribution in [1.82, 2.24) is 4.90 Å². The van der Waals surface area contributed by atoms with E-state index < -0.39 is 0 Å². The standard InChI is InChI=1S/C12H20N2O2S/c1-8-10(4-7-16-8)12(15)14-5-2-9(3-6-14)11(13)17/h8-10H,2-7H2,1H3,(H2,13,17). The van der Waals surface area contributed by atoms with E-state index >= 15 is 0 Å². The van der Waals surface area contributed by atoms with Gasteiger partial charge in [-0.2, -0.15) is 0 Å². The second kappa shape index (κ2) is 5.31. The largest absolute Gasteiger partial charge is 0.393 e. The number of carbonyl (C=O) groups is 1. The van der Waals surface area contributed by atoms with Crippen LogP contribution in [0.5, 0.6) is 0 Å². The van der Waals surface area contributed by atoms with Crippen molar-refractivity contribution in [2.45, 2.75) is 32.3 Å². The molecule has 0 aromatic rings. The van der Waals surface area contributed by atoms with E-state index in [0.717, 1.165) is 32.4 Å². The van der Waals surface area contributed by atoms with Crippen LogP contribution < -0.4 is 5.73 Å². The Hall–Kier alpha value is -0.680. The van der Waals surface area contributed by atoms with Crippen LogP contribution in [0.1, 0.15) is 26.2 Å². The summed E-state index contributed by atoms with van der Waals surface area (Å²) in [5, 5.41) is 0. The molecule has 5 heteroatoms. The number of hydrogen-bond donors (Lipinski definition) is 1. The van der Waals surface area contributed by atoms with Crippen LogP contribution in [0.2, 0.25) is 0 Å². The SMILES string of the molecule is CC1OCCC1C(=O)N1CCC(C(N)=S)CC1. The highest BCUT2D eigenvalue weighted by atomic mass is 32.1. The number of likely N-dealkylation sites (tertiary alicyclic amines) is 1. The maximum Gasteiger partial charge on any atom is 0.228 e. The first-order chi connectivity index (χ1) is 8.09. The Kier molecular flexibility index (Phi) is 3.99. The third-order valence-electron chi connectivity index (χ3n) is 3.90. The van der Waals surface area contributed by atoms with Crippen molar-refractivity contribution < 1.29 is 9.53 Å². The second-order valence-electron chi connectivity index (χ2n) is 4.97. The number of piperidine rings is 1. The number of carbonyl (C=O) groups excluding carboxylic acids is 1.